The smallest absolute Gasteiger partial charge is 0.253 e. The lowest BCUT2D eigenvalue weighted by Crippen LogP contribution is -3.06. The molecule has 2 atom stereocenters. The van der Waals surface area contributed by atoms with E-state index in [-0.39, 0.29) is 21.4 Å². The van der Waals surface area contributed by atoms with Gasteiger partial charge in [-0.2, -0.15) is 4.31 Å². The minimum Gasteiger partial charge on any atom is -0.346 e. The van der Waals surface area contributed by atoms with E-state index in [4.69, 9.17) is 11.6 Å². The van der Waals surface area contributed by atoms with Crippen LogP contribution < -0.4 is 10.2 Å². The van der Waals surface area contributed by atoms with Crippen LogP contribution in [0.15, 0.2) is 23.1 Å². The number of likely N-dealkylation sites (N-methyl/N-ethyl adjacent to an activating group) is 1. The molecule has 0 saturated carbocycles. The predicted octanol–water partition coefficient (Wildman–Crippen LogP) is 0.881. The molecule has 0 aromatic heterocycles. The van der Waals surface area contributed by atoms with Crippen molar-refractivity contribution in [2.24, 2.45) is 11.8 Å². The van der Waals surface area contributed by atoms with Crippen LogP contribution in [0, 0.1) is 11.8 Å². The molecule has 1 fully saturated rings. The molecule has 0 aliphatic carbocycles. The number of piperidine rings is 1. The Bertz CT molecular complexity index is 742. The Morgan fingerprint density at radius 1 is 1.27 bits per heavy atom. The van der Waals surface area contributed by atoms with Crippen molar-refractivity contribution in [2.75, 3.05) is 40.3 Å². The molecule has 2 rings (SSSR count). The molecule has 8 heteroatoms. The molecule has 1 heterocycles. The van der Waals surface area contributed by atoms with Gasteiger partial charge in [0.05, 0.1) is 42.7 Å². The molecule has 0 spiro atoms. The zero-order valence-corrected chi connectivity index (χ0v) is 17.5. The minimum atomic E-state index is -3.64. The van der Waals surface area contributed by atoms with Crippen LogP contribution in [0.25, 0.3) is 0 Å². The molecular formula is C18H29ClN3O3S+. The summed E-state index contributed by atoms with van der Waals surface area (Å²) in [5.74, 6) is 0.280. The van der Waals surface area contributed by atoms with E-state index < -0.39 is 10.0 Å². The van der Waals surface area contributed by atoms with E-state index in [0.717, 1.165) is 13.0 Å². The topological polar surface area (TPSA) is 70.9 Å². The second-order valence-corrected chi connectivity index (χ2v) is 9.97. The van der Waals surface area contributed by atoms with Gasteiger partial charge in [0, 0.05) is 13.1 Å². The molecule has 1 aliphatic heterocycles. The highest BCUT2D eigenvalue weighted by Gasteiger charge is 2.32. The molecule has 1 amide bonds. The van der Waals surface area contributed by atoms with Crippen LogP contribution in [0.5, 0.6) is 0 Å². The fourth-order valence-corrected chi connectivity index (χ4v) is 5.22. The number of rotatable bonds is 6. The monoisotopic (exact) mass is 402 g/mol. The number of quaternary nitrogens is 1. The van der Waals surface area contributed by atoms with Crippen LogP contribution in [0.3, 0.4) is 0 Å². The first-order chi connectivity index (χ1) is 12.1. The second kappa shape index (κ2) is 8.69. The molecule has 1 aromatic carbocycles. The van der Waals surface area contributed by atoms with Crippen LogP contribution in [0.4, 0.5) is 0 Å². The highest BCUT2D eigenvalue weighted by atomic mass is 35.5. The summed E-state index contributed by atoms with van der Waals surface area (Å²) < 4.78 is 27.6. The number of halogens is 1. The van der Waals surface area contributed by atoms with Gasteiger partial charge in [0.2, 0.25) is 10.0 Å². The van der Waals surface area contributed by atoms with Crippen LogP contribution in [-0.2, 0) is 10.0 Å². The normalized spacial score (nSPS) is 21.8. The maximum atomic E-state index is 13.0. The van der Waals surface area contributed by atoms with Crippen LogP contribution in [-0.4, -0.2) is 58.9 Å². The minimum absolute atomic E-state index is 0.117. The van der Waals surface area contributed by atoms with Crippen molar-refractivity contribution in [3.05, 3.63) is 28.8 Å². The Labute approximate surface area is 161 Å². The largest absolute Gasteiger partial charge is 0.346 e. The molecule has 146 valence electrons. The van der Waals surface area contributed by atoms with E-state index in [0.29, 0.717) is 31.5 Å². The summed E-state index contributed by atoms with van der Waals surface area (Å²) in [6.07, 6.45) is 1.02. The quantitative estimate of drug-likeness (QED) is 0.742. The summed E-state index contributed by atoms with van der Waals surface area (Å²) in [6.45, 7) is 6.39. The zero-order valence-electron chi connectivity index (χ0n) is 15.9. The van der Waals surface area contributed by atoms with Gasteiger partial charge in [0.25, 0.3) is 5.91 Å². The lowest BCUT2D eigenvalue weighted by Gasteiger charge is -2.34. The zero-order chi connectivity index (χ0) is 19.5. The predicted molar refractivity (Wildman–Crippen MR) is 103 cm³/mol. The van der Waals surface area contributed by atoms with Gasteiger partial charge in [-0.1, -0.05) is 25.4 Å². The Kier molecular flexibility index (Phi) is 7.07. The van der Waals surface area contributed by atoms with Gasteiger partial charge in [-0.25, -0.2) is 8.42 Å². The van der Waals surface area contributed by atoms with Crippen molar-refractivity contribution in [1.29, 1.82) is 0 Å². The van der Waals surface area contributed by atoms with Crippen molar-refractivity contribution in [1.82, 2.24) is 9.62 Å². The second-order valence-electron chi connectivity index (χ2n) is 7.62. The Balaban J connectivity index is 2.23. The summed E-state index contributed by atoms with van der Waals surface area (Å²) in [5, 5.41) is 3.04. The average Bonchev–Trinajstić information content (AvgIpc) is 2.53. The summed E-state index contributed by atoms with van der Waals surface area (Å²) >= 11 is 6.14. The number of benzene rings is 1. The van der Waals surface area contributed by atoms with Crippen molar-refractivity contribution in [3.63, 3.8) is 0 Å². The molecule has 0 bridgehead atoms. The molecular weight excluding hydrogens is 374 g/mol. The maximum Gasteiger partial charge on any atom is 0.253 e. The fraction of sp³-hybridized carbons (Fsp3) is 0.611. The van der Waals surface area contributed by atoms with Gasteiger partial charge in [0.15, 0.2) is 0 Å². The van der Waals surface area contributed by atoms with Crippen molar-refractivity contribution >= 4 is 27.5 Å². The summed E-state index contributed by atoms with van der Waals surface area (Å²) in [6, 6.07) is 4.35. The number of nitrogens with zero attached hydrogens (tertiary/aromatic N) is 1. The number of sulfonamides is 1. The molecule has 0 radical (unpaired) electrons. The molecule has 2 N–H and O–H groups in total. The number of nitrogens with one attached hydrogen (secondary N) is 2. The Morgan fingerprint density at radius 2 is 1.88 bits per heavy atom. The van der Waals surface area contributed by atoms with Gasteiger partial charge in [-0.3, -0.25) is 4.79 Å². The van der Waals surface area contributed by atoms with Gasteiger partial charge >= 0.3 is 0 Å². The first kappa shape index (κ1) is 21.2. The molecule has 0 unspecified atom stereocenters. The lowest BCUT2D eigenvalue weighted by molar-refractivity contribution is -0.856. The van der Waals surface area contributed by atoms with E-state index in [1.54, 1.807) is 0 Å². The fourth-order valence-electron chi connectivity index (χ4n) is 3.31. The number of hydrogen-bond acceptors (Lipinski definition) is 3. The molecule has 1 aromatic rings. The van der Waals surface area contributed by atoms with E-state index in [1.165, 1.54) is 27.4 Å². The molecule has 26 heavy (non-hydrogen) atoms. The third-order valence-corrected chi connectivity index (χ3v) is 6.72. The maximum absolute atomic E-state index is 13.0. The summed E-state index contributed by atoms with van der Waals surface area (Å²) in [5.41, 5.74) is 0.194. The number of amides is 1. The number of carbonyl (C=O) groups excluding carboxylic acids is 1. The third-order valence-electron chi connectivity index (χ3n) is 4.57. The number of carbonyl (C=O) groups is 1. The van der Waals surface area contributed by atoms with Crippen molar-refractivity contribution in [2.45, 2.75) is 25.2 Å². The van der Waals surface area contributed by atoms with Crippen LogP contribution >= 0.6 is 11.6 Å². The third kappa shape index (κ3) is 5.19. The van der Waals surface area contributed by atoms with Crippen molar-refractivity contribution < 1.29 is 18.1 Å². The first-order valence-electron chi connectivity index (χ1n) is 8.98. The molecule has 1 aliphatic rings. The molecule has 6 nitrogen and oxygen atoms in total. The van der Waals surface area contributed by atoms with Gasteiger partial charge in [-0.05, 0) is 36.5 Å². The van der Waals surface area contributed by atoms with Gasteiger partial charge in [-0.15, -0.1) is 0 Å². The number of hydrogen-bond donors (Lipinski definition) is 2. The van der Waals surface area contributed by atoms with Gasteiger partial charge < -0.3 is 10.2 Å². The van der Waals surface area contributed by atoms with Crippen LogP contribution in [0.1, 0.15) is 30.6 Å². The van der Waals surface area contributed by atoms with E-state index >= 15 is 0 Å². The van der Waals surface area contributed by atoms with E-state index in [2.05, 4.69) is 19.2 Å². The van der Waals surface area contributed by atoms with E-state index in [1.807, 2.05) is 14.1 Å². The summed E-state index contributed by atoms with van der Waals surface area (Å²) in [4.78, 5) is 13.7. The standard InChI is InChI=1S/C18H28ClN3O3S/c1-13-9-14(2)12-22(11-13)26(24,25)15-5-6-17(19)16(10-15)18(23)20-7-8-21(3)4/h5-6,10,13-14H,7-9,11-12H2,1-4H3,(H,20,23)/p+1/t13-,14-/m1/s1. The van der Waals surface area contributed by atoms with E-state index in [9.17, 15) is 13.2 Å². The lowest BCUT2D eigenvalue weighted by atomic mass is 9.94. The van der Waals surface area contributed by atoms with Gasteiger partial charge in [0.1, 0.15) is 0 Å². The highest BCUT2D eigenvalue weighted by Crippen LogP contribution is 2.28. The Hall–Kier alpha value is -1.15. The van der Waals surface area contributed by atoms with Crippen molar-refractivity contribution in [3.8, 4) is 0 Å². The SMILES string of the molecule is C[C@@H]1C[C@@H](C)CN(S(=O)(=O)c2ccc(Cl)c(C(=O)NCC[NH+](C)C)c2)C1. The molecule has 1 saturated heterocycles. The summed E-state index contributed by atoms with van der Waals surface area (Å²) in [7, 11) is 0.342. The average molecular weight is 403 g/mol. The first-order valence-corrected chi connectivity index (χ1v) is 10.8. The Morgan fingerprint density at radius 3 is 2.46 bits per heavy atom. The highest BCUT2D eigenvalue weighted by molar-refractivity contribution is 7.89. The van der Waals surface area contributed by atoms with Crippen LogP contribution in [0.2, 0.25) is 5.02 Å².